The average Bonchev–Trinajstić information content (AvgIpc) is 1.88. The van der Waals surface area contributed by atoms with Crippen molar-refractivity contribution in [3.8, 4) is 0 Å². The first-order valence-electron chi connectivity index (χ1n) is 3.34. The molecule has 0 amide bonds. The normalized spacial score (nSPS) is 12.6. The van der Waals surface area contributed by atoms with Gasteiger partial charge in [-0.25, -0.2) is 18.3 Å². The number of nitrogens with zero attached hydrogens (tertiary/aromatic N) is 1. The molecule has 0 aliphatic rings. The van der Waals surface area contributed by atoms with Crippen LogP contribution < -0.4 is 11.2 Å². The smallest absolute Gasteiger partial charge is 0.0371 e. The first-order chi connectivity index (χ1) is 4.99. The van der Waals surface area contributed by atoms with Gasteiger partial charge in [0, 0.05) is 0 Å². The highest BCUT2D eigenvalue weighted by Crippen LogP contribution is 2.06. The molecule has 0 saturated carbocycles. The Labute approximate surface area is 67.4 Å². The number of hydrogen-bond donors (Lipinski definition) is 3. The maximum absolute atomic E-state index is 8.45. The molecule has 0 aliphatic heterocycles. The molecule has 0 spiro atoms. The van der Waals surface area contributed by atoms with Gasteiger partial charge in [0.25, 0.3) is 0 Å². The highest BCUT2D eigenvalue weighted by Gasteiger charge is 1.99. The molecule has 0 radical (unpaired) electrons. The van der Waals surface area contributed by atoms with Crippen LogP contribution in [0.25, 0.3) is 5.32 Å². The van der Waals surface area contributed by atoms with Crippen LogP contribution >= 0.6 is 0 Å². The fraction of sp³-hybridized carbons (Fsp3) is 0.571. The first-order valence-corrected chi connectivity index (χ1v) is 3.34. The van der Waals surface area contributed by atoms with E-state index in [1.54, 1.807) is 19.5 Å². The van der Waals surface area contributed by atoms with E-state index in [0.29, 0.717) is 5.82 Å². The van der Waals surface area contributed by atoms with Crippen molar-refractivity contribution < 1.29 is 5.21 Å². The van der Waals surface area contributed by atoms with Gasteiger partial charge in [-0.15, -0.1) is 0 Å². The molecular formula is C7H15N3O-2. The van der Waals surface area contributed by atoms with E-state index >= 15 is 0 Å². The van der Waals surface area contributed by atoms with E-state index in [0.717, 1.165) is 0 Å². The van der Waals surface area contributed by atoms with Crippen LogP contribution in [-0.4, -0.2) is 17.8 Å². The van der Waals surface area contributed by atoms with Crippen LogP contribution in [0, 0.1) is 6.42 Å². The third-order valence-electron chi connectivity index (χ3n) is 1.03. The van der Waals surface area contributed by atoms with E-state index in [9.17, 15) is 0 Å². The lowest BCUT2D eigenvalue weighted by Crippen LogP contribution is -2.31. The lowest BCUT2D eigenvalue weighted by atomic mass is 10.0. The molecule has 0 bridgehead atoms. The number of nitrogens with one attached hydrogen (secondary N) is 1. The minimum absolute atomic E-state index is 0.382. The number of rotatable bonds is 4. The molecule has 4 N–H and O–H groups in total. The molecule has 11 heavy (non-hydrogen) atoms. The van der Waals surface area contributed by atoms with Crippen LogP contribution in [0.5, 0.6) is 0 Å². The van der Waals surface area contributed by atoms with Crippen molar-refractivity contribution in [2.24, 2.45) is 5.73 Å². The monoisotopic (exact) mass is 157 g/mol. The van der Waals surface area contributed by atoms with Gasteiger partial charge in [0.1, 0.15) is 0 Å². The predicted molar refractivity (Wildman–Crippen MR) is 44.9 cm³/mol. The van der Waals surface area contributed by atoms with Gasteiger partial charge >= 0.3 is 0 Å². The van der Waals surface area contributed by atoms with E-state index < -0.39 is 0 Å². The molecule has 0 atom stereocenters. The molecule has 4 heteroatoms. The fourth-order valence-electron chi connectivity index (χ4n) is 0.456. The molecule has 0 aromatic carbocycles. The minimum Gasteiger partial charge on any atom is -0.560 e. The molecule has 0 aliphatic carbocycles. The predicted octanol–water partition coefficient (Wildman–Crippen LogP) is 0.752. The minimum atomic E-state index is -0.382. The van der Waals surface area contributed by atoms with E-state index in [4.69, 9.17) is 10.9 Å². The maximum atomic E-state index is 8.45. The topological polar surface area (TPSA) is 72.4 Å². The summed E-state index contributed by atoms with van der Waals surface area (Å²) in [6.07, 6.45) is 3.37. The Morgan fingerprint density at radius 1 is 1.73 bits per heavy atom. The van der Waals surface area contributed by atoms with Crippen LogP contribution in [0.4, 0.5) is 0 Å². The summed E-state index contributed by atoms with van der Waals surface area (Å²) >= 11 is 0. The Balaban J connectivity index is 3.89. The van der Waals surface area contributed by atoms with Crippen molar-refractivity contribution in [2.75, 3.05) is 7.05 Å². The first kappa shape index (κ1) is 10.1. The largest absolute Gasteiger partial charge is 0.560 e. The van der Waals surface area contributed by atoms with Crippen molar-refractivity contribution in [3.63, 3.8) is 0 Å². The summed E-state index contributed by atoms with van der Waals surface area (Å²) < 4.78 is 0. The molecule has 0 aromatic rings. The zero-order valence-corrected chi connectivity index (χ0v) is 7.13. The molecule has 0 heterocycles. The van der Waals surface area contributed by atoms with Crippen molar-refractivity contribution in [1.29, 1.82) is 0 Å². The summed E-state index contributed by atoms with van der Waals surface area (Å²) in [4.78, 5) is 0. The quantitative estimate of drug-likeness (QED) is 0.416. The molecule has 0 unspecified atom stereocenters. The summed E-state index contributed by atoms with van der Waals surface area (Å²) in [5.41, 5.74) is 7.19. The van der Waals surface area contributed by atoms with Crippen molar-refractivity contribution in [2.45, 2.75) is 19.4 Å². The van der Waals surface area contributed by atoms with Crippen LogP contribution in [0.3, 0.4) is 0 Å². The van der Waals surface area contributed by atoms with E-state index in [1.807, 2.05) is 19.3 Å². The molecule has 66 valence electrons. The molecule has 0 fully saturated rings. The van der Waals surface area contributed by atoms with Crippen molar-refractivity contribution >= 4 is 0 Å². The SMILES string of the molecule is C[N-]C(=C[CH-]C(C)(C)N)NO. The van der Waals surface area contributed by atoms with Crippen molar-refractivity contribution in [3.05, 3.63) is 23.6 Å². The Kier molecular flexibility index (Phi) is 3.78. The summed E-state index contributed by atoms with van der Waals surface area (Å²) in [5, 5.41) is 12.2. The zero-order chi connectivity index (χ0) is 8.91. The average molecular weight is 157 g/mol. The van der Waals surface area contributed by atoms with Gasteiger partial charge < -0.3 is 21.7 Å². The second-order valence-corrected chi connectivity index (χ2v) is 2.88. The molecule has 0 rings (SSSR count). The Morgan fingerprint density at radius 2 is 2.27 bits per heavy atom. The standard InChI is InChI=1S/C7H15N3O/c1-7(2,8)5-4-6(9-3)10-11/h4-5,10-11H,8H2,1-3H3/q-2. The summed E-state index contributed by atoms with van der Waals surface area (Å²) in [7, 11) is 1.58. The Bertz CT molecular complexity index is 131. The van der Waals surface area contributed by atoms with Gasteiger partial charge in [0.05, 0.1) is 0 Å². The van der Waals surface area contributed by atoms with Gasteiger partial charge in [-0.05, 0) is 5.54 Å². The Hall–Kier alpha value is -0.870. The summed E-state index contributed by atoms with van der Waals surface area (Å²) in [6, 6.07) is 0. The van der Waals surface area contributed by atoms with Crippen molar-refractivity contribution in [1.82, 2.24) is 5.48 Å². The second-order valence-electron chi connectivity index (χ2n) is 2.88. The number of nitrogens with two attached hydrogens (primary N) is 1. The van der Waals surface area contributed by atoms with E-state index in [1.165, 1.54) is 0 Å². The van der Waals surface area contributed by atoms with Gasteiger partial charge in [-0.2, -0.15) is 0 Å². The molecule has 4 nitrogen and oxygen atoms in total. The summed E-state index contributed by atoms with van der Waals surface area (Å²) in [6.45, 7) is 3.71. The van der Waals surface area contributed by atoms with Gasteiger partial charge in [-0.3, -0.25) is 0 Å². The third kappa shape index (κ3) is 5.57. The third-order valence-corrected chi connectivity index (χ3v) is 1.03. The van der Waals surface area contributed by atoms with E-state index in [2.05, 4.69) is 5.32 Å². The van der Waals surface area contributed by atoms with Crippen LogP contribution in [0.15, 0.2) is 11.9 Å². The van der Waals surface area contributed by atoms with Crippen LogP contribution in [-0.2, 0) is 0 Å². The maximum Gasteiger partial charge on any atom is -0.0371 e. The van der Waals surface area contributed by atoms with Crippen LogP contribution in [0.1, 0.15) is 13.8 Å². The van der Waals surface area contributed by atoms with Crippen LogP contribution in [0.2, 0.25) is 0 Å². The molecular weight excluding hydrogens is 142 g/mol. The summed E-state index contributed by atoms with van der Waals surface area (Å²) in [5.74, 6) is 0.392. The lowest BCUT2D eigenvalue weighted by Gasteiger charge is -2.29. The van der Waals surface area contributed by atoms with Gasteiger partial charge in [0.2, 0.25) is 0 Å². The van der Waals surface area contributed by atoms with Gasteiger partial charge in [-0.1, -0.05) is 20.9 Å². The fourth-order valence-corrected chi connectivity index (χ4v) is 0.456. The van der Waals surface area contributed by atoms with Gasteiger partial charge in [0.15, 0.2) is 0 Å². The molecule has 0 saturated heterocycles. The zero-order valence-electron chi connectivity index (χ0n) is 7.13. The Morgan fingerprint density at radius 3 is 2.55 bits per heavy atom. The highest BCUT2D eigenvalue weighted by molar-refractivity contribution is 5.19. The second kappa shape index (κ2) is 4.10. The molecule has 0 aromatic heterocycles. The lowest BCUT2D eigenvalue weighted by molar-refractivity contribution is 0.203. The highest BCUT2D eigenvalue weighted by atomic mass is 16.5. The number of hydroxylamine groups is 1. The van der Waals surface area contributed by atoms with E-state index in [-0.39, 0.29) is 5.54 Å². The number of hydrogen-bond acceptors (Lipinski definition) is 3.